The highest BCUT2D eigenvalue weighted by Gasteiger charge is 2.19. The Bertz CT molecular complexity index is 337. The minimum atomic E-state index is -0.144. The maximum absolute atomic E-state index is 9.43. The van der Waals surface area contributed by atoms with E-state index in [0.717, 1.165) is 31.9 Å². The van der Waals surface area contributed by atoms with Crippen molar-refractivity contribution in [1.82, 2.24) is 9.88 Å². The van der Waals surface area contributed by atoms with Gasteiger partial charge in [-0.2, -0.15) is 0 Å². The molecule has 1 atom stereocenters. The van der Waals surface area contributed by atoms with Crippen molar-refractivity contribution in [3.8, 4) is 0 Å². The van der Waals surface area contributed by atoms with Crippen molar-refractivity contribution in [2.75, 3.05) is 32.1 Å². The SMILES string of the molecule is CN(C)c1ccc(CN2CC[C@@H](O)C2)cn1. The van der Waals surface area contributed by atoms with E-state index in [9.17, 15) is 5.11 Å². The van der Waals surface area contributed by atoms with Crippen LogP contribution in [0, 0.1) is 0 Å². The smallest absolute Gasteiger partial charge is 0.127 e. The average Bonchev–Trinajstić information content (AvgIpc) is 2.65. The van der Waals surface area contributed by atoms with Crippen LogP contribution in [-0.2, 0) is 6.54 Å². The molecule has 0 spiro atoms. The summed E-state index contributed by atoms with van der Waals surface area (Å²) in [4.78, 5) is 8.63. The van der Waals surface area contributed by atoms with Gasteiger partial charge in [0.1, 0.15) is 5.82 Å². The van der Waals surface area contributed by atoms with Crippen LogP contribution in [0.25, 0.3) is 0 Å². The van der Waals surface area contributed by atoms with E-state index in [1.54, 1.807) is 0 Å². The topological polar surface area (TPSA) is 39.6 Å². The number of nitrogens with zero attached hydrogens (tertiary/aromatic N) is 3. The highest BCUT2D eigenvalue weighted by atomic mass is 16.3. The highest BCUT2D eigenvalue weighted by Crippen LogP contribution is 2.14. The van der Waals surface area contributed by atoms with E-state index < -0.39 is 0 Å². The lowest BCUT2D eigenvalue weighted by atomic mass is 10.2. The van der Waals surface area contributed by atoms with Crippen LogP contribution in [0.2, 0.25) is 0 Å². The third-order valence-electron chi connectivity index (χ3n) is 2.92. The number of aliphatic hydroxyl groups is 1. The summed E-state index contributed by atoms with van der Waals surface area (Å²) in [6, 6.07) is 4.13. The van der Waals surface area contributed by atoms with Crippen molar-refractivity contribution in [3.63, 3.8) is 0 Å². The fraction of sp³-hybridized carbons (Fsp3) is 0.583. The predicted octanol–water partition coefficient (Wildman–Crippen LogP) is 0.714. The number of β-amino-alcohol motifs (C(OH)–C–C–N with tert-alkyl or cyclic N) is 1. The zero-order valence-electron chi connectivity index (χ0n) is 9.93. The summed E-state index contributed by atoms with van der Waals surface area (Å²) in [5, 5.41) is 9.43. The van der Waals surface area contributed by atoms with Gasteiger partial charge < -0.3 is 10.0 Å². The summed E-state index contributed by atoms with van der Waals surface area (Å²) >= 11 is 0. The minimum absolute atomic E-state index is 0.144. The van der Waals surface area contributed by atoms with Crippen LogP contribution in [0.5, 0.6) is 0 Å². The van der Waals surface area contributed by atoms with E-state index in [1.165, 1.54) is 5.56 Å². The number of rotatable bonds is 3. The summed E-state index contributed by atoms with van der Waals surface area (Å²) in [7, 11) is 3.97. The van der Waals surface area contributed by atoms with Crippen LogP contribution in [0.4, 0.5) is 5.82 Å². The van der Waals surface area contributed by atoms with Gasteiger partial charge in [0.15, 0.2) is 0 Å². The Balaban J connectivity index is 1.95. The second-order valence-electron chi connectivity index (χ2n) is 4.60. The quantitative estimate of drug-likeness (QED) is 0.816. The van der Waals surface area contributed by atoms with E-state index >= 15 is 0 Å². The first-order valence-corrected chi connectivity index (χ1v) is 5.68. The first kappa shape index (κ1) is 11.4. The first-order valence-electron chi connectivity index (χ1n) is 5.68. The van der Waals surface area contributed by atoms with Crippen molar-refractivity contribution in [3.05, 3.63) is 23.9 Å². The van der Waals surface area contributed by atoms with Crippen molar-refractivity contribution < 1.29 is 5.11 Å². The predicted molar refractivity (Wildman–Crippen MR) is 64.5 cm³/mol. The molecular weight excluding hydrogens is 202 g/mol. The van der Waals surface area contributed by atoms with E-state index in [1.807, 2.05) is 31.3 Å². The van der Waals surface area contributed by atoms with Gasteiger partial charge in [0.05, 0.1) is 6.10 Å². The number of aliphatic hydroxyl groups excluding tert-OH is 1. The summed E-state index contributed by atoms with van der Waals surface area (Å²) in [6.45, 7) is 2.66. The summed E-state index contributed by atoms with van der Waals surface area (Å²) in [5.41, 5.74) is 1.21. The standard InChI is InChI=1S/C12H19N3O/c1-14(2)12-4-3-10(7-13-12)8-15-6-5-11(16)9-15/h3-4,7,11,16H,5-6,8-9H2,1-2H3/t11-/m1/s1. The maximum Gasteiger partial charge on any atom is 0.127 e. The molecule has 0 unspecified atom stereocenters. The Kier molecular flexibility index (Phi) is 3.41. The Morgan fingerprint density at radius 2 is 2.31 bits per heavy atom. The van der Waals surface area contributed by atoms with Crippen LogP contribution in [0.3, 0.4) is 0 Å². The molecule has 88 valence electrons. The molecule has 1 saturated heterocycles. The highest BCUT2D eigenvalue weighted by molar-refractivity contribution is 5.37. The van der Waals surface area contributed by atoms with E-state index in [2.05, 4.69) is 16.0 Å². The fourth-order valence-corrected chi connectivity index (χ4v) is 1.99. The van der Waals surface area contributed by atoms with Gasteiger partial charge in [-0.05, 0) is 18.1 Å². The molecule has 0 saturated carbocycles. The minimum Gasteiger partial charge on any atom is -0.392 e. The van der Waals surface area contributed by atoms with Gasteiger partial charge >= 0.3 is 0 Å². The molecule has 1 aromatic rings. The van der Waals surface area contributed by atoms with Crippen LogP contribution in [0.1, 0.15) is 12.0 Å². The van der Waals surface area contributed by atoms with Gasteiger partial charge in [0, 0.05) is 39.9 Å². The van der Waals surface area contributed by atoms with Crippen molar-refractivity contribution >= 4 is 5.82 Å². The molecular formula is C12H19N3O. The fourth-order valence-electron chi connectivity index (χ4n) is 1.99. The van der Waals surface area contributed by atoms with Gasteiger partial charge in [-0.1, -0.05) is 6.07 Å². The second kappa shape index (κ2) is 4.80. The molecule has 0 aliphatic carbocycles. The molecule has 4 nitrogen and oxygen atoms in total. The lowest BCUT2D eigenvalue weighted by molar-refractivity contribution is 0.175. The third kappa shape index (κ3) is 2.71. The molecule has 1 aromatic heterocycles. The largest absolute Gasteiger partial charge is 0.392 e. The Morgan fingerprint density at radius 3 is 2.81 bits per heavy atom. The number of anilines is 1. The molecule has 0 bridgehead atoms. The number of hydrogen-bond donors (Lipinski definition) is 1. The van der Waals surface area contributed by atoms with E-state index in [4.69, 9.17) is 0 Å². The van der Waals surface area contributed by atoms with Gasteiger partial charge in [-0.25, -0.2) is 4.98 Å². The molecule has 4 heteroatoms. The number of aromatic nitrogens is 1. The molecule has 0 radical (unpaired) electrons. The van der Waals surface area contributed by atoms with E-state index in [0.29, 0.717) is 0 Å². The summed E-state index contributed by atoms with van der Waals surface area (Å²) in [6.07, 6.45) is 2.66. The molecule has 2 heterocycles. The number of hydrogen-bond acceptors (Lipinski definition) is 4. The zero-order valence-corrected chi connectivity index (χ0v) is 9.93. The van der Waals surface area contributed by atoms with Gasteiger partial charge in [0.25, 0.3) is 0 Å². The third-order valence-corrected chi connectivity index (χ3v) is 2.92. The van der Waals surface area contributed by atoms with Crippen molar-refractivity contribution in [2.45, 2.75) is 19.1 Å². The van der Waals surface area contributed by atoms with Crippen LogP contribution < -0.4 is 4.90 Å². The lowest BCUT2D eigenvalue weighted by Crippen LogP contribution is -2.21. The van der Waals surface area contributed by atoms with Gasteiger partial charge in [0.2, 0.25) is 0 Å². The zero-order chi connectivity index (χ0) is 11.5. The number of pyridine rings is 1. The molecule has 2 rings (SSSR count). The van der Waals surface area contributed by atoms with Crippen molar-refractivity contribution in [2.24, 2.45) is 0 Å². The number of likely N-dealkylation sites (tertiary alicyclic amines) is 1. The molecule has 1 N–H and O–H groups in total. The molecule has 16 heavy (non-hydrogen) atoms. The summed E-state index contributed by atoms with van der Waals surface area (Å²) < 4.78 is 0. The van der Waals surface area contributed by atoms with Gasteiger partial charge in [-0.3, -0.25) is 4.90 Å². The van der Waals surface area contributed by atoms with Crippen LogP contribution in [0.15, 0.2) is 18.3 Å². The monoisotopic (exact) mass is 221 g/mol. The lowest BCUT2D eigenvalue weighted by Gasteiger charge is -2.16. The normalized spacial score (nSPS) is 21.3. The van der Waals surface area contributed by atoms with Crippen LogP contribution >= 0.6 is 0 Å². The van der Waals surface area contributed by atoms with E-state index in [-0.39, 0.29) is 6.10 Å². The average molecular weight is 221 g/mol. The van der Waals surface area contributed by atoms with Crippen LogP contribution in [-0.4, -0.2) is 48.3 Å². The molecule has 1 fully saturated rings. The maximum atomic E-state index is 9.43. The summed E-state index contributed by atoms with van der Waals surface area (Å²) in [5.74, 6) is 0.977. The molecule has 1 aliphatic rings. The first-order chi connectivity index (χ1) is 7.65. The molecule has 0 aromatic carbocycles. The molecule has 1 aliphatic heterocycles. The Morgan fingerprint density at radius 1 is 1.50 bits per heavy atom. The molecule has 0 amide bonds. The Labute approximate surface area is 96.5 Å². The van der Waals surface area contributed by atoms with Crippen molar-refractivity contribution in [1.29, 1.82) is 0 Å². The Hall–Kier alpha value is -1.13. The second-order valence-corrected chi connectivity index (χ2v) is 4.60. The van der Waals surface area contributed by atoms with Gasteiger partial charge in [-0.15, -0.1) is 0 Å².